The molecule has 1 unspecified atom stereocenters. The van der Waals surface area contributed by atoms with Gasteiger partial charge in [0.15, 0.2) is 11.5 Å². The number of nitrogens with zero attached hydrogens (tertiary/aromatic N) is 3. The lowest BCUT2D eigenvalue weighted by Gasteiger charge is -2.03. The summed E-state index contributed by atoms with van der Waals surface area (Å²) in [6.45, 7) is 4.61. The fourth-order valence-electron chi connectivity index (χ4n) is 1.34. The lowest BCUT2D eigenvalue weighted by molar-refractivity contribution is 0.676. The molecule has 0 bridgehead atoms. The molecule has 0 saturated heterocycles. The lowest BCUT2D eigenvalue weighted by atomic mass is 10.2. The number of aryl methyl sites for hydroxylation is 1. The van der Waals surface area contributed by atoms with Crippen molar-refractivity contribution >= 4 is 5.65 Å². The molecule has 13 heavy (non-hydrogen) atoms. The zero-order valence-corrected chi connectivity index (χ0v) is 7.78. The molecule has 2 rings (SSSR count). The molecule has 0 spiro atoms. The SMILES string of the molecule is Cc1cc2nnc(C(C)CN)n2[nH]1. The summed E-state index contributed by atoms with van der Waals surface area (Å²) in [5.74, 6) is 1.12. The fourth-order valence-corrected chi connectivity index (χ4v) is 1.34. The second-order valence-corrected chi connectivity index (χ2v) is 3.33. The van der Waals surface area contributed by atoms with Gasteiger partial charge in [0.25, 0.3) is 0 Å². The Labute approximate surface area is 75.9 Å². The van der Waals surface area contributed by atoms with Gasteiger partial charge in [-0.2, -0.15) is 0 Å². The van der Waals surface area contributed by atoms with E-state index < -0.39 is 0 Å². The summed E-state index contributed by atoms with van der Waals surface area (Å²) in [6, 6.07) is 1.96. The predicted molar refractivity (Wildman–Crippen MR) is 49.5 cm³/mol. The van der Waals surface area contributed by atoms with E-state index in [1.165, 1.54) is 0 Å². The second-order valence-electron chi connectivity index (χ2n) is 3.33. The summed E-state index contributed by atoms with van der Waals surface area (Å²) in [6.07, 6.45) is 0. The Morgan fingerprint density at radius 3 is 3.08 bits per heavy atom. The Bertz CT molecular complexity index is 413. The first-order valence-corrected chi connectivity index (χ1v) is 4.33. The minimum Gasteiger partial charge on any atom is -0.330 e. The van der Waals surface area contributed by atoms with Crippen molar-refractivity contribution in [1.29, 1.82) is 0 Å². The van der Waals surface area contributed by atoms with E-state index in [-0.39, 0.29) is 5.92 Å². The van der Waals surface area contributed by atoms with Crippen molar-refractivity contribution in [3.63, 3.8) is 0 Å². The Hall–Kier alpha value is -1.36. The predicted octanol–water partition coefficient (Wildman–Crippen LogP) is 0.428. The van der Waals surface area contributed by atoms with Crippen LogP contribution < -0.4 is 5.73 Å². The first-order chi connectivity index (χ1) is 6.22. The molecule has 0 aliphatic heterocycles. The summed E-state index contributed by atoms with van der Waals surface area (Å²) < 4.78 is 1.88. The zero-order valence-electron chi connectivity index (χ0n) is 7.78. The molecule has 2 heterocycles. The van der Waals surface area contributed by atoms with E-state index in [1.54, 1.807) is 0 Å². The van der Waals surface area contributed by atoms with Crippen molar-refractivity contribution in [3.8, 4) is 0 Å². The van der Waals surface area contributed by atoms with E-state index in [4.69, 9.17) is 5.73 Å². The maximum Gasteiger partial charge on any atom is 0.177 e. The normalized spacial score (nSPS) is 13.8. The fraction of sp³-hybridized carbons (Fsp3) is 0.500. The minimum absolute atomic E-state index is 0.230. The zero-order chi connectivity index (χ0) is 9.42. The first-order valence-electron chi connectivity index (χ1n) is 4.33. The average molecular weight is 179 g/mol. The van der Waals surface area contributed by atoms with Gasteiger partial charge in [0.05, 0.1) is 0 Å². The topological polar surface area (TPSA) is 72.0 Å². The van der Waals surface area contributed by atoms with Crippen LogP contribution in [0.2, 0.25) is 0 Å². The largest absolute Gasteiger partial charge is 0.330 e. The number of nitrogens with two attached hydrogens (primary N) is 1. The third-order valence-corrected chi connectivity index (χ3v) is 2.14. The molecule has 3 N–H and O–H groups in total. The highest BCUT2D eigenvalue weighted by Gasteiger charge is 2.12. The Balaban J connectivity index is 2.55. The second kappa shape index (κ2) is 2.85. The summed E-state index contributed by atoms with van der Waals surface area (Å²) in [5.41, 5.74) is 7.50. The van der Waals surface area contributed by atoms with Gasteiger partial charge in [-0.1, -0.05) is 6.92 Å². The van der Waals surface area contributed by atoms with E-state index in [1.807, 2.05) is 24.4 Å². The van der Waals surface area contributed by atoms with E-state index in [9.17, 15) is 0 Å². The molecule has 0 aliphatic carbocycles. The van der Waals surface area contributed by atoms with E-state index >= 15 is 0 Å². The monoisotopic (exact) mass is 179 g/mol. The minimum atomic E-state index is 0.230. The molecule has 0 radical (unpaired) electrons. The number of H-pyrrole nitrogens is 1. The highest BCUT2D eigenvalue weighted by atomic mass is 15.4. The van der Waals surface area contributed by atoms with Gasteiger partial charge in [0, 0.05) is 24.2 Å². The molecular weight excluding hydrogens is 166 g/mol. The molecule has 0 amide bonds. The number of hydrogen-bond donors (Lipinski definition) is 2. The summed E-state index contributed by atoms with van der Waals surface area (Å²) in [5, 5.41) is 11.3. The number of nitrogens with one attached hydrogen (secondary N) is 1. The van der Waals surface area contributed by atoms with Crippen LogP contribution >= 0.6 is 0 Å². The Kier molecular flexibility index (Phi) is 1.81. The van der Waals surface area contributed by atoms with Crippen LogP contribution in [0.5, 0.6) is 0 Å². The number of aromatic amines is 1. The van der Waals surface area contributed by atoms with Crippen LogP contribution in [0.1, 0.15) is 24.4 Å². The van der Waals surface area contributed by atoms with Crippen molar-refractivity contribution in [3.05, 3.63) is 17.6 Å². The van der Waals surface area contributed by atoms with Crippen LogP contribution in [0.15, 0.2) is 6.07 Å². The van der Waals surface area contributed by atoms with Crippen LogP contribution in [0.4, 0.5) is 0 Å². The van der Waals surface area contributed by atoms with Crippen LogP contribution in [0.25, 0.3) is 5.65 Å². The van der Waals surface area contributed by atoms with Crippen molar-refractivity contribution in [1.82, 2.24) is 19.8 Å². The third-order valence-electron chi connectivity index (χ3n) is 2.14. The number of fused-ring (bicyclic) bond motifs is 1. The van der Waals surface area contributed by atoms with E-state index in [2.05, 4.69) is 15.3 Å². The van der Waals surface area contributed by atoms with Gasteiger partial charge in [-0.05, 0) is 6.92 Å². The van der Waals surface area contributed by atoms with E-state index in [0.29, 0.717) is 6.54 Å². The molecule has 2 aromatic heterocycles. The molecule has 5 nitrogen and oxygen atoms in total. The number of rotatable bonds is 2. The maximum absolute atomic E-state index is 5.57. The average Bonchev–Trinajstić information content (AvgIpc) is 2.61. The van der Waals surface area contributed by atoms with Gasteiger partial charge in [-0.3, -0.25) is 5.10 Å². The van der Waals surface area contributed by atoms with Gasteiger partial charge in [0.1, 0.15) is 0 Å². The first kappa shape index (κ1) is 8.25. The molecule has 5 heteroatoms. The van der Waals surface area contributed by atoms with Gasteiger partial charge in [0.2, 0.25) is 0 Å². The molecule has 0 fully saturated rings. The molecule has 0 saturated carbocycles. The van der Waals surface area contributed by atoms with Crippen molar-refractivity contribution in [2.45, 2.75) is 19.8 Å². The maximum atomic E-state index is 5.57. The van der Waals surface area contributed by atoms with Crippen LogP contribution in [-0.2, 0) is 0 Å². The van der Waals surface area contributed by atoms with Crippen molar-refractivity contribution in [2.24, 2.45) is 5.73 Å². The highest BCUT2D eigenvalue weighted by Crippen LogP contribution is 2.12. The van der Waals surface area contributed by atoms with Crippen LogP contribution in [0.3, 0.4) is 0 Å². The molecule has 0 aromatic carbocycles. The van der Waals surface area contributed by atoms with Crippen molar-refractivity contribution in [2.75, 3.05) is 6.54 Å². The van der Waals surface area contributed by atoms with E-state index in [0.717, 1.165) is 17.2 Å². The summed E-state index contributed by atoms with van der Waals surface area (Å²) in [7, 11) is 0. The molecule has 2 aromatic rings. The Morgan fingerprint density at radius 1 is 1.62 bits per heavy atom. The van der Waals surface area contributed by atoms with Crippen molar-refractivity contribution < 1.29 is 0 Å². The molecule has 0 aliphatic rings. The van der Waals surface area contributed by atoms with Gasteiger partial charge >= 0.3 is 0 Å². The van der Waals surface area contributed by atoms with Gasteiger partial charge in [-0.15, -0.1) is 10.2 Å². The smallest absolute Gasteiger partial charge is 0.177 e. The molecule has 1 atom stereocenters. The van der Waals surface area contributed by atoms with Crippen LogP contribution in [0, 0.1) is 6.92 Å². The lowest BCUT2D eigenvalue weighted by Crippen LogP contribution is -2.12. The quantitative estimate of drug-likeness (QED) is 0.702. The summed E-state index contributed by atoms with van der Waals surface area (Å²) in [4.78, 5) is 0. The van der Waals surface area contributed by atoms with Crippen LogP contribution in [-0.4, -0.2) is 26.4 Å². The number of aromatic nitrogens is 4. The highest BCUT2D eigenvalue weighted by molar-refractivity contribution is 5.38. The van der Waals surface area contributed by atoms with Gasteiger partial charge < -0.3 is 5.73 Å². The standard InChI is InChI=1S/C8H13N5/c1-5(4-9)8-11-10-7-3-6(2)12-13(7)8/h3,5,12H,4,9H2,1-2H3. The van der Waals surface area contributed by atoms with Gasteiger partial charge in [-0.25, -0.2) is 4.52 Å². The third kappa shape index (κ3) is 1.21. The number of hydrogen-bond acceptors (Lipinski definition) is 3. The summed E-state index contributed by atoms with van der Waals surface area (Å²) >= 11 is 0. The Morgan fingerprint density at radius 2 is 2.38 bits per heavy atom. The molecule has 70 valence electrons. The molecular formula is C8H13N5.